The van der Waals surface area contributed by atoms with Crippen LogP contribution < -0.4 is 10.2 Å². The SMILES string of the molecule is O=C(NCc1ccco1)C1CCCN1c1nc(Cc2ccccc2)ns1. The molecule has 1 aliphatic rings. The van der Waals surface area contributed by atoms with Crippen molar-refractivity contribution in [2.24, 2.45) is 0 Å². The third kappa shape index (κ3) is 3.77. The molecule has 1 saturated heterocycles. The van der Waals surface area contributed by atoms with E-state index in [-0.39, 0.29) is 11.9 Å². The van der Waals surface area contributed by atoms with Crippen LogP contribution >= 0.6 is 11.5 Å². The minimum atomic E-state index is -0.192. The van der Waals surface area contributed by atoms with Crippen molar-refractivity contribution in [3.8, 4) is 0 Å². The van der Waals surface area contributed by atoms with Gasteiger partial charge in [-0.1, -0.05) is 30.3 Å². The summed E-state index contributed by atoms with van der Waals surface area (Å²) >= 11 is 1.37. The maximum Gasteiger partial charge on any atom is 0.243 e. The zero-order valence-electron chi connectivity index (χ0n) is 14.3. The van der Waals surface area contributed by atoms with Gasteiger partial charge in [0.1, 0.15) is 17.6 Å². The van der Waals surface area contributed by atoms with E-state index in [1.165, 1.54) is 17.1 Å². The van der Waals surface area contributed by atoms with Crippen LogP contribution in [0.1, 0.15) is 30.0 Å². The van der Waals surface area contributed by atoms with E-state index in [1.807, 2.05) is 30.3 Å². The van der Waals surface area contributed by atoms with Crippen molar-refractivity contribution in [3.05, 3.63) is 65.9 Å². The van der Waals surface area contributed by atoms with Crippen LogP contribution in [-0.4, -0.2) is 27.9 Å². The molecule has 26 heavy (non-hydrogen) atoms. The summed E-state index contributed by atoms with van der Waals surface area (Å²) in [5.41, 5.74) is 1.19. The van der Waals surface area contributed by atoms with E-state index in [9.17, 15) is 4.79 Å². The molecular formula is C19H20N4O2S. The summed E-state index contributed by atoms with van der Waals surface area (Å²) in [6, 6.07) is 13.7. The number of carbonyl (C=O) groups excluding carboxylic acids is 1. The maximum absolute atomic E-state index is 12.6. The Morgan fingerprint density at radius 3 is 2.96 bits per heavy atom. The van der Waals surface area contributed by atoms with Crippen LogP contribution in [0.15, 0.2) is 53.1 Å². The summed E-state index contributed by atoms with van der Waals surface area (Å²) in [4.78, 5) is 19.3. The van der Waals surface area contributed by atoms with E-state index in [0.717, 1.165) is 36.1 Å². The summed E-state index contributed by atoms with van der Waals surface area (Å²) in [6.45, 7) is 1.24. The van der Waals surface area contributed by atoms with Gasteiger partial charge in [-0.2, -0.15) is 4.37 Å². The van der Waals surface area contributed by atoms with Gasteiger partial charge in [0.2, 0.25) is 11.0 Å². The lowest BCUT2D eigenvalue weighted by Gasteiger charge is -2.22. The number of hydrogen-bond donors (Lipinski definition) is 1. The van der Waals surface area contributed by atoms with E-state index in [1.54, 1.807) is 6.26 Å². The lowest BCUT2D eigenvalue weighted by Crippen LogP contribution is -2.43. The standard InChI is InChI=1S/C19H20N4O2S/c24-18(20-13-15-8-5-11-25-15)16-9-4-10-23(16)19-21-17(22-26-19)12-14-6-2-1-3-7-14/h1-3,5-8,11,16H,4,9-10,12-13H2,(H,20,24). The average Bonchev–Trinajstić information content (AvgIpc) is 3.41. The Hall–Kier alpha value is -2.67. The van der Waals surface area contributed by atoms with Gasteiger partial charge in [0.15, 0.2) is 0 Å². The summed E-state index contributed by atoms with van der Waals surface area (Å²) < 4.78 is 9.75. The third-order valence-corrected chi connectivity index (χ3v) is 5.27. The Bertz CT molecular complexity index is 848. The van der Waals surface area contributed by atoms with Crippen LogP contribution in [0.3, 0.4) is 0 Å². The molecule has 1 unspecified atom stereocenters. The van der Waals surface area contributed by atoms with Crippen molar-refractivity contribution >= 4 is 22.6 Å². The number of amides is 1. The van der Waals surface area contributed by atoms with Gasteiger partial charge in [-0.05, 0) is 30.5 Å². The van der Waals surface area contributed by atoms with Crippen molar-refractivity contribution in [2.75, 3.05) is 11.4 Å². The van der Waals surface area contributed by atoms with Gasteiger partial charge >= 0.3 is 0 Å². The molecule has 1 fully saturated rings. The first kappa shape index (κ1) is 16.8. The van der Waals surface area contributed by atoms with Crippen molar-refractivity contribution in [2.45, 2.75) is 31.8 Å². The van der Waals surface area contributed by atoms with Crippen molar-refractivity contribution in [1.29, 1.82) is 0 Å². The highest BCUT2D eigenvalue weighted by atomic mass is 32.1. The molecule has 0 radical (unpaired) electrons. The van der Waals surface area contributed by atoms with E-state index < -0.39 is 0 Å². The molecule has 1 amide bonds. The number of furan rings is 1. The Kier molecular flexibility index (Phi) is 4.97. The molecule has 1 aliphatic heterocycles. The van der Waals surface area contributed by atoms with E-state index in [2.05, 4.69) is 31.7 Å². The van der Waals surface area contributed by atoms with Crippen molar-refractivity contribution in [3.63, 3.8) is 0 Å². The molecule has 1 aromatic carbocycles. The van der Waals surface area contributed by atoms with Gasteiger partial charge in [0, 0.05) is 24.5 Å². The average molecular weight is 368 g/mol. The Morgan fingerprint density at radius 2 is 2.15 bits per heavy atom. The first-order valence-electron chi connectivity index (χ1n) is 8.73. The van der Waals surface area contributed by atoms with E-state index in [0.29, 0.717) is 13.0 Å². The van der Waals surface area contributed by atoms with E-state index >= 15 is 0 Å². The molecule has 1 atom stereocenters. The lowest BCUT2D eigenvalue weighted by molar-refractivity contribution is -0.122. The molecule has 4 rings (SSSR count). The summed E-state index contributed by atoms with van der Waals surface area (Å²) in [5, 5.41) is 3.78. The first-order valence-corrected chi connectivity index (χ1v) is 9.50. The molecule has 1 N–H and O–H groups in total. The highest BCUT2D eigenvalue weighted by Crippen LogP contribution is 2.27. The highest BCUT2D eigenvalue weighted by Gasteiger charge is 2.32. The van der Waals surface area contributed by atoms with Crippen LogP contribution in [-0.2, 0) is 17.8 Å². The number of carbonyl (C=O) groups is 1. The summed E-state index contributed by atoms with van der Waals surface area (Å²) in [6.07, 6.45) is 4.13. The number of rotatable bonds is 6. The van der Waals surface area contributed by atoms with Crippen LogP contribution in [0.2, 0.25) is 0 Å². The molecule has 7 heteroatoms. The summed E-state index contributed by atoms with van der Waals surface area (Å²) in [5.74, 6) is 1.57. The van der Waals surface area contributed by atoms with Crippen LogP contribution in [0, 0.1) is 0 Å². The fraction of sp³-hybridized carbons (Fsp3) is 0.316. The maximum atomic E-state index is 12.6. The van der Waals surface area contributed by atoms with Gasteiger partial charge < -0.3 is 14.6 Å². The number of hydrogen-bond acceptors (Lipinski definition) is 6. The van der Waals surface area contributed by atoms with Gasteiger partial charge in [0.25, 0.3) is 0 Å². The quantitative estimate of drug-likeness (QED) is 0.724. The first-order chi connectivity index (χ1) is 12.8. The zero-order valence-corrected chi connectivity index (χ0v) is 15.1. The van der Waals surface area contributed by atoms with Gasteiger partial charge in [-0.15, -0.1) is 0 Å². The molecule has 0 spiro atoms. The van der Waals surface area contributed by atoms with Crippen molar-refractivity contribution < 1.29 is 9.21 Å². The minimum absolute atomic E-state index is 0.0127. The van der Waals surface area contributed by atoms with Crippen molar-refractivity contribution in [1.82, 2.24) is 14.7 Å². The summed E-state index contributed by atoms with van der Waals surface area (Å²) in [7, 11) is 0. The fourth-order valence-corrected chi connectivity index (χ4v) is 3.95. The van der Waals surface area contributed by atoms with Gasteiger partial charge in [0.05, 0.1) is 12.8 Å². The predicted octanol–water partition coefficient (Wildman–Crippen LogP) is 3.01. The lowest BCUT2D eigenvalue weighted by atomic mass is 10.1. The smallest absolute Gasteiger partial charge is 0.243 e. The monoisotopic (exact) mass is 368 g/mol. The number of nitrogens with one attached hydrogen (secondary N) is 1. The topological polar surface area (TPSA) is 71.3 Å². The Labute approximate surface area is 156 Å². The second-order valence-electron chi connectivity index (χ2n) is 6.30. The molecule has 3 heterocycles. The molecule has 0 saturated carbocycles. The fourth-order valence-electron chi connectivity index (χ4n) is 3.19. The van der Waals surface area contributed by atoms with E-state index in [4.69, 9.17) is 4.42 Å². The largest absolute Gasteiger partial charge is 0.467 e. The molecule has 6 nitrogen and oxygen atoms in total. The molecule has 134 valence electrons. The third-order valence-electron chi connectivity index (χ3n) is 4.48. The molecule has 3 aromatic rings. The Balaban J connectivity index is 1.40. The number of aromatic nitrogens is 2. The van der Waals surface area contributed by atoms with Gasteiger partial charge in [-0.25, -0.2) is 4.98 Å². The van der Waals surface area contributed by atoms with Crippen LogP contribution in [0.5, 0.6) is 0 Å². The molecular weight excluding hydrogens is 348 g/mol. The molecule has 0 aliphatic carbocycles. The molecule has 2 aromatic heterocycles. The highest BCUT2D eigenvalue weighted by molar-refractivity contribution is 7.09. The minimum Gasteiger partial charge on any atom is -0.467 e. The van der Waals surface area contributed by atoms with Gasteiger partial charge in [-0.3, -0.25) is 4.79 Å². The Morgan fingerprint density at radius 1 is 1.27 bits per heavy atom. The normalized spacial score (nSPS) is 16.8. The predicted molar refractivity (Wildman–Crippen MR) is 100 cm³/mol. The number of nitrogens with zero attached hydrogens (tertiary/aromatic N) is 3. The molecule has 0 bridgehead atoms. The number of benzene rings is 1. The zero-order chi connectivity index (χ0) is 17.8. The van der Waals surface area contributed by atoms with Crippen LogP contribution in [0.4, 0.5) is 5.13 Å². The second kappa shape index (κ2) is 7.70. The number of anilines is 1. The second-order valence-corrected chi connectivity index (χ2v) is 7.03. The van der Waals surface area contributed by atoms with Crippen LogP contribution in [0.25, 0.3) is 0 Å².